The monoisotopic (exact) mass is 533 g/mol. The van der Waals surface area contributed by atoms with Crippen LogP contribution in [0.4, 0.5) is 13.2 Å². The van der Waals surface area contributed by atoms with Crippen molar-refractivity contribution < 1.29 is 32.2 Å². The number of hydrogen-bond donors (Lipinski definition) is 1. The fourth-order valence-electron chi connectivity index (χ4n) is 4.16. The molecule has 39 heavy (non-hydrogen) atoms. The third-order valence-corrected chi connectivity index (χ3v) is 6.10. The fourth-order valence-corrected chi connectivity index (χ4v) is 4.16. The van der Waals surface area contributed by atoms with E-state index in [-0.39, 0.29) is 12.5 Å². The van der Waals surface area contributed by atoms with Crippen molar-refractivity contribution in [3.8, 4) is 23.0 Å². The number of nitrogens with one attached hydrogen (secondary N) is 1. The van der Waals surface area contributed by atoms with Gasteiger partial charge >= 0.3 is 6.18 Å². The number of aromatic nitrogens is 2. The molecule has 0 aliphatic rings. The first-order valence-electron chi connectivity index (χ1n) is 11.8. The van der Waals surface area contributed by atoms with Gasteiger partial charge in [0.2, 0.25) is 0 Å². The van der Waals surface area contributed by atoms with E-state index in [2.05, 4.69) is 15.3 Å². The molecule has 5 rings (SSSR count). The molecule has 2 heterocycles. The molecule has 0 fully saturated rings. The van der Waals surface area contributed by atoms with Crippen LogP contribution in [0, 0.1) is 0 Å². The number of fused-ring (bicyclic) bond motifs is 2. The lowest BCUT2D eigenvalue weighted by atomic mass is 10.0. The van der Waals surface area contributed by atoms with Crippen molar-refractivity contribution in [3.05, 3.63) is 95.9 Å². The topological polar surface area (TPSA) is 82.6 Å². The van der Waals surface area contributed by atoms with Crippen LogP contribution in [0.15, 0.2) is 79.1 Å². The zero-order valence-electron chi connectivity index (χ0n) is 20.9. The normalized spacial score (nSPS) is 11.4. The lowest BCUT2D eigenvalue weighted by molar-refractivity contribution is -0.141. The van der Waals surface area contributed by atoms with Gasteiger partial charge in [0.05, 0.1) is 19.7 Å². The number of hydrogen-bond acceptors (Lipinski definition) is 6. The largest absolute Gasteiger partial charge is 0.493 e. The van der Waals surface area contributed by atoms with Crippen LogP contribution in [0.1, 0.15) is 21.6 Å². The summed E-state index contributed by atoms with van der Waals surface area (Å²) in [6, 6.07) is 18.1. The maximum absolute atomic E-state index is 12.9. The van der Waals surface area contributed by atoms with Gasteiger partial charge in [-0.2, -0.15) is 13.2 Å². The van der Waals surface area contributed by atoms with Crippen LogP contribution in [0.5, 0.6) is 23.0 Å². The van der Waals surface area contributed by atoms with E-state index < -0.39 is 11.9 Å². The molecule has 0 bridgehead atoms. The Morgan fingerprint density at radius 3 is 2.38 bits per heavy atom. The number of nitrogens with zero attached hydrogens (tertiary/aromatic N) is 2. The van der Waals surface area contributed by atoms with Crippen molar-refractivity contribution >= 4 is 27.6 Å². The highest BCUT2D eigenvalue weighted by atomic mass is 19.4. The molecule has 0 atom stereocenters. The molecule has 1 amide bonds. The Balaban J connectivity index is 1.36. The molecule has 5 aromatic rings. The van der Waals surface area contributed by atoms with E-state index in [0.29, 0.717) is 45.0 Å². The zero-order valence-corrected chi connectivity index (χ0v) is 20.9. The second kappa shape index (κ2) is 10.5. The molecule has 0 saturated carbocycles. The number of amides is 1. The Morgan fingerprint density at radius 2 is 1.67 bits per heavy atom. The minimum atomic E-state index is -4.52. The van der Waals surface area contributed by atoms with Crippen molar-refractivity contribution in [2.24, 2.45) is 0 Å². The highest BCUT2D eigenvalue weighted by Gasteiger charge is 2.32. The Labute approximate surface area is 221 Å². The first-order chi connectivity index (χ1) is 18.8. The van der Waals surface area contributed by atoms with Gasteiger partial charge in [-0.1, -0.05) is 18.2 Å². The number of ether oxygens (including phenoxy) is 3. The summed E-state index contributed by atoms with van der Waals surface area (Å²) < 4.78 is 55.1. The van der Waals surface area contributed by atoms with Gasteiger partial charge < -0.3 is 19.5 Å². The quantitative estimate of drug-likeness (QED) is 0.256. The Bertz CT molecular complexity index is 1670. The molecule has 2 aromatic heterocycles. The van der Waals surface area contributed by atoms with Crippen molar-refractivity contribution in [1.82, 2.24) is 15.3 Å². The first-order valence-corrected chi connectivity index (χ1v) is 11.8. The van der Waals surface area contributed by atoms with Crippen LogP contribution in [0.25, 0.3) is 21.7 Å². The predicted molar refractivity (Wildman–Crippen MR) is 139 cm³/mol. The Kier molecular flexibility index (Phi) is 6.93. The standard InChI is InChI=1S/C29H22F3N3O4/c1-37-25-13-22-23(14-26(25)38-2)33-11-10-24(22)39-19-7-8-20-18(12-19)4-3-5-21(20)28(36)35-16-17-6-9-27(34-15-17)29(30,31)32/h3-15H,16H2,1-2H3,(H,35,36). The maximum atomic E-state index is 12.9. The maximum Gasteiger partial charge on any atom is 0.433 e. The fraction of sp³-hybridized carbons (Fsp3) is 0.138. The molecule has 1 N–H and O–H groups in total. The van der Waals surface area contributed by atoms with Crippen LogP contribution in [0.2, 0.25) is 0 Å². The molecule has 0 aliphatic heterocycles. The van der Waals surface area contributed by atoms with Crippen LogP contribution in [-0.2, 0) is 12.7 Å². The second-order valence-corrected chi connectivity index (χ2v) is 8.56. The van der Waals surface area contributed by atoms with Gasteiger partial charge in [-0.25, -0.2) is 0 Å². The molecule has 3 aromatic carbocycles. The molecule has 198 valence electrons. The van der Waals surface area contributed by atoms with Crippen LogP contribution >= 0.6 is 0 Å². The van der Waals surface area contributed by atoms with Gasteiger partial charge in [0.15, 0.2) is 11.5 Å². The lowest BCUT2D eigenvalue weighted by Crippen LogP contribution is -2.23. The molecule has 10 heteroatoms. The minimum absolute atomic E-state index is 0.0327. The number of rotatable bonds is 7. The van der Waals surface area contributed by atoms with Crippen molar-refractivity contribution in [1.29, 1.82) is 0 Å². The van der Waals surface area contributed by atoms with Crippen LogP contribution < -0.4 is 19.5 Å². The van der Waals surface area contributed by atoms with Gasteiger partial charge in [-0.05, 0) is 58.8 Å². The van der Waals surface area contributed by atoms with E-state index in [1.807, 2.05) is 12.1 Å². The summed E-state index contributed by atoms with van der Waals surface area (Å²) in [5.41, 5.74) is 0.563. The van der Waals surface area contributed by atoms with Gasteiger partial charge in [-0.15, -0.1) is 0 Å². The summed E-state index contributed by atoms with van der Waals surface area (Å²) in [5.74, 6) is 1.86. The summed E-state index contributed by atoms with van der Waals surface area (Å²) >= 11 is 0. The summed E-state index contributed by atoms with van der Waals surface area (Å²) in [6.07, 6.45) is -1.78. The summed E-state index contributed by atoms with van der Waals surface area (Å²) in [4.78, 5) is 20.7. The minimum Gasteiger partial charge on any atom is -0.493 e. The summed E-state index contributed by atoms with van der Waals surface area (Å²) in [6.45, 7) is 0.0327. The molecule has 0 aliphatic carbocycles. The predicted octanol–water partition coefficient (Wildman–Crippen LogP) is 6.54. The average molecular weight is 534 g/mol. The van der Waals surface area contributed by atoms with Crippen molar-refractivity contribution in [3.63, 3.8) is 0 Å². The number of carbonyl (C=O) groups excluding carboxylic acids is 1. The van der Waals surface area contributed by atoms with E-state index in [0.717, 1.165) is 23.0 Å². The van der Waals surface area contributed by atoms with E-state index in [1.54, 1.807) is 62.9 Å². The molecule has 0 saturated heterocycles. The number of alkyl halides is 3. The van der Waals surface area contributed by atoms with Gasteiger partial charge in [0.1, 0.15) is 17.2 Å². The Morgan fingerprint density at radius 1 is 0.872 bits per heavy atom. The molecule has 0 unspecified atom stereocenters. The van der Waals surface area contributed by atoms with Crippen molar-refractivity contribution in [2.75, 3.05) is 14.2 Å². The molecular weight excluding hydrogens is 511 g/mol. The van der Waals surface area contributed by atoms with E-state index in [4.69, 9.17) is 14.2 Å². The third kappa shape index (κ3) is 5.40. The van der Waals surface area contributed by atoms with Crippen LogP contribution in [0.3, 0.4) is 0 Å². The third-order valence-electron chi connectivity index (χ3n) is 6.10. The number of carbonyl (C=O) groups is 1. The summed E-state index contributed by atoms with van der Waals surface area (Å²) in [7, 11) is 3.11. The number of pyridine rings is 2. The van der Waals surface area contributed by atoms with Crippen LogP contribution in [-0.4, -0.2) is 30.1 Å². The Hall–Kier alpha value is -4.86. The lowest BCUT2D eigenvalue weighted by Gasteiger charge is -2.13. The molecular formula is C29H22F3N3O4. The number of halogens is 3. The smallest absolute Gasteiger partial charge is 0.433 e. The SMILES string of the molecule is COc1cc2nccc(Oc3ccc4c(C(=O)NCc5ccc(C(F)(F)F)nc5)cccc4c3)c2cc1OC. The number of methoxy groups -OCH3 is 2. The average Bonchev–Trinajstić information content (AvgIpc) is 2.94. The zero-order chi connectivity index (χ0) is 27.6. The highest BCUT2D eigenvalue weighted by Crippen LogP contribution is 2.37. The number of benzene rings is 3. The summed E-state index contributed by atoms with van der Waals surface area (Å²) in [5, 5.41) is 4.94. The van der Waals surface area contributed by atoms with E-state index in [1.165, 1.54) is 6.07 Å². The first kappa shape index (κ1) is 25.8. The van der Waals surface area contributed by atoms with Gasteiger partial charge in [0, 0.05) is 36.0 Å². The highest BCUT2D eigenvalue weighted by molar-refractivity contribution is 6.07. The molecule has 0 radical (unpaired) electrons. The molecule has 0 spiro atoms. The van der Waals surface area contributed by atoms with E-state index in [9.17, 15) is 18.0 Å². The second-order valence-electron chi connectivity index (χ2n) is 8.56. The van der Waals surface area contributed by atoms with Gasteiger partial charge in [-0.3, -0.25) is 14.8 Å². The van der Waals surface area contributed by atoms with Crippen molar-refractivity contribution in [2.45, 2.75) is 12.7 Å². The molecule has 7 nitrogen and oxygen atoms in total. The van der Waals surface area contributed by atoms with Gasteiger partial charge in [0.25, 0.3) is 5.91 Å². The van der Waals surface area contributed by atoms with E-state index >= 15 is 0 Å².